The zero-order valence-electron chi connectivity index (χ0n) is 15.9. The van der Waals surface area contributed by atoms with Crippen LogP contribution < -0.4 is 0 Å². The van der Waals surface area contributed by atoms with Crippen molar-refractivity contribution in [2.45, 2.75) is 38.9 Å². The van der Waals surface area contributed by atoms with Crippen molar-refractivity contribution in [1.29, 1.82) is 0 Å². The van der Waals surface area contributed by atoms with E-state index in [-0.39, 0.29) is 11.9 Å². The summed E-state index contributed by atoms with van der Waals surface area (Å²) in [6.07, 6.45) is -3.85. The molecule has 0 aliphatic heterocycles. The number of carboxylic acid groups (broad SMARTS) is 1. The minimum absolute atomic E-state index is 0.183. The molecule has 0 fully saturated rings. The zero-order valence-corrected chi connectivity index (χ0v) is 16.6. The molecule has 2 unspecified atom stereocenters. The second-order valence-electron chi connectivity index (χ2n) is 6.97. The van der Waals surface area contributed by atoms with Crippen LogP contribution >= 0.6 is 11.6 Å². The molecule has 0 bridgehead atoms. The van der Waals surface area contributed by atoms with Crippen LogP contribution in [0.25, 0.3) is 11.0 Å². The van der Waals surface area contributed by atoms with Crippen LogP contribution in [0.2, 0.25) is 5.02 Å². The SMILES string of the molecule is CCc1nc2cc(C(F)(F)F)c(Cl)cc2n1C(CC(C)C(=O)O)c1ccccc1. The third-order valence-electron chi connectivity index (χ3n) is 4.97. The van der Waals surface area contributed by atoms with Crippen LogP contribution in [0.1, 0.15) is 43.3 Å². The molecule has 3 rings (SSSR count). The molecule has 154 valence electrons. The predicted molar refractivity (Wildman–Crippen MR) is 105 cm³/mol. The Morgan fingerprint density at radius 1 is 1.24 bits per heavy atom. The van der Waals surface area contributed by atoms with Crippen LogP contribution in [-0.4, -0.2) is 20.6 Å². The fourth-order valence-electron chi connectivity index (χ4n) is 3.48. The molecule has 1 aromatic heterocycles. The number of carbonyl (C=O) groups is 1. The zero-order chi connectivity index (χ0) is 21.3. The maximum atomic E-state index is 13.3. The number of carboxylic acids is 1. The van der Waals surface area contributed by atoms with Gasteiger partial charge in [0, 0.05) is 6.42 Å². The van der Waals surface area contributed by atoms with Crippen molar-refractivity contribution in [3.63, 3.8) is 0 Å². The monoisotopic (exact) mass is 424 g/mol. The van der Waals surface area contributed by atoms with Crippen molar-refractivity contribution < 1.29 is 23.1 Å². The Balaban J connectivity index is 2.25. The highest BCUT2D eigenvalue weighted by Crippen LogP contribution is 2.39. The highest BCUT2D eigenvalue weighted by atomic mass is 35.5. The molecule has 0 spiro atoms. The van der Waals surface area contributed by atoms with Crippen molar-refractivity contribution in [1.82, 2.24) is 9.55 Å². The molecule has 0 aliphatic carbocycles. The van der Waals surface area contributed by atoms with Gasteiger partial charge in [-0.25, -0.2) is 4.98 Å². The van der Waals surface area contributed by atoms with Crippen LogP contribution in [0.4, 0.5) is 13.2 Å². The van der Waals surface area contributed by atoms with E-state index >= 15 is 0 Å². The molecular formula is C21H20ClF3N2O2. The van der Waals surface area contributed by atoms with Gasteiger partial charge in [-0.1, -0.05) is 55.8 Å². The summed E-state index contributed by atoms with van der Waals surface area (Å²) in [5.74, 6) is -1.03. The number of nitrogens with zero attached hydrogens (tertiary/aromatic N) is 2. The summed E-state index contributed by atoms with van der Waals surface area (Å²) >= 11 is 5.96. The number of rotatable bonds is 6. The van der Waals surface area contributed by atoms with Crippen molar-refractivity contribution in [2.24, 2.45) is 5.92 Å². The van der Waals surface area contributed by atoms with E-state index in [0.29, 0.717) is 17.8 Å². The second kappa shape index (κ2) is 8.06. The number of aryl methyl sites for hydroxylation is 1. The van der Waals surface area contributed by atoms with Gasteiger partial charge < -0.3 is 9.67 Å². The first-order valence-electron chi connectivity index (χ1n) is 9.18. The quantitative estimate of drug-likeness (QED) is 0.530. The summed E-state index contributed by atoms with van der Waals surface area (Å²) in [7, 11) is 0. The Kier molecular flexibility index (Phi) is 5.89. The molecule has 0 saturated carbocycles. The number of aromatic nitrogens is 2. The van der Waals surface area contributed by atoms with Crippen molar-refractivity contribution in [2.75, 3.05) is 0 Å². The lowest BCUT2D eigenvalue weighted by Gasteiger charge is -2.24. The molecule has 1 N–H and O–H groups in total. The Morgan fingerprint density at radius 3 is 2.45 bits per heavy atom. The molecule has 2 atom stereocenters. The van der Waals surface area contributed by atoms with E-state index in [4.69, 9.17) is 11.6 Å². The van der Waals surface area contributed by atoms with Gasteiger partial charge in [0.1, 0.15) is 5.82 Å². The lowest BCUT2D eigenvalue weighted by Crippen LogP contribution is -2.20. The third kappa shape index (κ3) is 4.24. The third-order valence-corrected chi connectivity index (χ3v) is 5.28. The minimum Gasteiger partial charge on any atom is -0.481 e. The molecule has 0 radical (unpaired) electrons. The van der Waals surface area contributed by atoms with Gasteiger partial charge in [0.2, 0.25) is 0 Å². The van der Waals surface area contributed by atoms with Gasteiger partial charge in [0.15, 0.2) is 0 Å². The number of imidazole rings is 1. The topological polar surface area (TPSA) is 55.1 Å². The molecule has 29 heavy (non-hydrogen) atoms. The number of fused-ring (bicyclic) bond motifs is 1. The fraction of sp³-hybridized carbons (Fsp3) is 0.333. The summed E-state index contributed by atoms with van der Waals surface area (Å²) in [4.78, 5) is 15.9. The average Bonchev–Trinajstić information content (AvgIpc) is 3.02. The predicted octanol–water partition coefficient (Wildman–Crippen LogP) is 5.97. The van der Waals surface area contributed by atoms with E-state index in [1.807, 2.05) is 41.8 Å². The van der Waals surface area contributed by atoms with E-state index in [1.165, 1.54) is 6.07 Å². The summed E-state index contributed by atoms with van der Waals surface area (Å²) in [6.45, 7) is 3.46. The first kappa shape index (κ1) is 21.2. The van der Waals surface area contributed by atoms with Gasteiger partial charge in [-0.15, -0.1) is 0 Å². The molecule has 0 saturated heterocycles. The Bertz CT molecular complexity index is 1030. The summed E-state index contributed by atoms with van der Waals surface area (Å²) < 4.78 is 41.6. The maximum absolute atomic E-state index is 13.3. The van der Waals surface area contributed by atoms with Crippen molar-refractivity contribution >= 4 is 28.6 Å². The molecule has 0 aliphatic rings. The van der Waals surface area contributed by atoms with Gasteiger partial charge in [-0.3, -0.25) is 4.79 Å². The standard InChI is InChI=1S/C21H20ClF3N2O2/c1-3-19-26-16-10-14(21(23,24)25)15(22)11-18(16)27(19)17(9-12(2)20(28)29)13-7-5-4-6-8-13/h4-8,10-12,17H,3,9H2,1-2H3,(H,28,29). The maximum Gasteiger partial charge on any atom is 0.417 e. The lowest BCUT2D eigenvalue weighted by molar-refractivity contribution is -0.141. The molecule has 2 aromatic carbocycles. The van der Waals surface area contributed by atoms with E-state index in [2.05, 4.69) is 4.98 Å². The molecular weight excluding hydrogens is 405 g/mol. The average molecular weight is 425 g/mol. The van der Waals surface area contributed by atoms with Crippen LogP contribution in [0.5, 0.6) is 0 Å². The second-order valence-corrected chi connectivity index (χ2v) is 7.38. The Hall–Kier alpha value is -2.54. The van der Waals surface area contributed by atoms with Gasteiger partial charge in [-0.05, 0) is 24.1 Å². The largest absolute Gasteiger partial charge is 0.481 e. The van der Waals surface area contributed by atoms with E-state index in [9.17, 15) is 23.1 Å². The fourth-order valence-corrected chi connectivity index (χ4v) is 3.75. The van der Waals surface area contributed by atoms with Gasteiger partial charge >= 0.3 is 12.1 Å². The summed E-state index contributed by atoms with van der Waals surface area (Å²) in [5.41, 5.74) is 0.550. The molecule has 8 heteroatoms. The lowest BCUT2D eigenvalue weighted by atomic mass is 9.95. The number of aliphatic carboxylic acids is 1. The van der Waals surface area contributed by atoms with Gasteiger partial charge in [0.25, 0.3) is 0 Å². The number of alkyl halides is 3. The van der Waals surface area contributed by atoms with E-state index in [0.717, 1.165) is 11.6 Å². The first-order chi connectivity index (χ1) is 13.6. The first-order valence-corrected chi connectivity index (χ1v) is 9.56. The number of benzene rings is 2. The Morgan fingerprint density at radius 2 is 1.90 bits per heavy atom. The Labute approximate surface area is 170 Å². The smallest absolute Gasteiger partial charge is 0.417 e. The normalized spacial score (nSPS) is 14.1. The molecule has 1 heterocycles. The van der Waals surface area contributed by atoms with E-state index in [1.54, 1.807) is 6.92 Å². The highest BCUT2D eigenvalue weighted by Gasteiger charge is 2.35. The van der Waals surface area contributed by atoms with Crippen molar-refractivity contribution in [3.05, 3.63) is 64.4 Å². The number of halogens is 4. The summed E-state index contributed by atoms with van der Waals surface area (Å²) in [5, 5.41) is 9.00. The number of hydrogen-bond acceptors (Lipinski definition) is 2. The van der Waals surface area contributed by atoms with Crippen LogP contribution in [0, 0.1) is 5.92 Å². The molecule has 4 nitrogen and oxygen atoms in total. The molecule has 3 aromatic rings. The minimum atomic E-state index is -4.59. The number of hydrogen-bond donors (Lipinski definition) is 1. The highest BCUT2D eigenvalue weighted by molar-refractivity contribution is 6.32. The van der Waals surface area contributed by atoms with Crippen LogP contribution in [0.3, 0.4) is 0 Å². The van der Waals surface area contributed by atoms with E-state index < -0.39 is 34.7 Å². The van der Waals surface area contributed by atoms with Gasteiger partial charge in [0.05, 0.1) is 33.6 Å². The van der Waals surface area contributed by atoms with Gasteiger partial charge in [-0.2, -0.15) is 13.2 Å². The van der Waals surface area contributed by atoms with Crippen LogP contribution in [0.15, 0.2) is 42.5 Å². The summed E-state index contributed by atoms with van der Waals surface area (Å²) in [6, 6.07) is 11.1. The van der Waals surface area contributed by atoms with Crippen LogP contribution in [-0.2, 0) is 17.4 Å². The molecule has 0 amide bonds. The van der Waals surface area contributed by atoms with Crippen molar-refractivity contribution in [3.8, 4) is 0 Å².